The minimum atomic E-state index is -0.243. The van der Waals surface area contributed by atoms with Gasteiger partial charge >= 0.3 is 0 Å². The van der Waals surface area contributed by atoms with Gasteiger partial charge in [-0.2, -0.15) is 0 Å². The van der Waals surface area contributed by atoms with Crippen molar-refractivity contribution in [1.29, 1.82) is 0 Å². The van der Waals surface area contributed by atoms with E-state index in [0.29, 0.717) is 17.1 Å². The molecule has 1 unspecified atom stereocenters. The van der Waals surface area contributed by atoms with E-state index in [0.717, 1.165) is 66.9 Å². The highest BCUT2D eigenvalue weighted by Gasteiger charge is 2.22. The zero-order valence-corrected chi connectivity index (χ0v) is 29.7. The predicted octanol–water partition coefficient (Wildman–Crippen LogP) is 11.6. The lowest BCUT2D eigenvalue weighted by atomic mass is 9.99. The first kappa shape index (κ1) is 32.2. The Hall–Kier alpha value is -7.44. The molecule has 260 valence electrons. The Morgan fingerprint density at radius 3 is 1.71 bits per heavy atom. The fraction of sp³-hybridized carbons (Fsp3) is 0.0204. The highest BCUT2D eigenvalue weighted by atomic mass is 16.3. The number of aliphatic imine (C=N–C) groups is 1. The van der Waals surface area contributed by atoms with Gasteiger partial charge in [0.05, 0.1) is 11.1 Å². The number of benzene rings is 6. The smallest absolute Gasteiger partial charge is 0.229 e. The second-order valence-corrected chi connectivity index (χ2v) is 13.5. The van der Waals surface area contributed by atoms with Crippen LogP contribution in [0.15, 0.2) is 198 Å². The molecule has 3 aromatic heterocycles. The van der Waals surface area contributed by atoms with Gasteiger partial charge in [0.15, 0.2) is 11.4 Å². The second-order valence-electron chi connectivity index (χ2n) is 13.5. The molecule has 6 heteroatoms. The van der Waals surface area contributed by atoms with Crippen molar-refractivity contribution in [1.82, 2.24) is 20.3 Å². The average Bonchev–Trinajstić information content (AvgIpc) is 3.65. The van der Waals surface area contributed by atoms with Crippen molar-refractivity contribution in [2.75, 3.05) is 0 Å². The summed E-state index contributed by atoms with van der Waals surface area (Å²) in [6.07, 6.45) is 3.74. The number of fused-ring (bicyclic) bond motifs is 3. The molecule has 1 atom stereocenters. The summed E-state index contributed by atoms with van der Waals surface area (Å²) in [6, 6.07) is 60.3. The second kappa shape index (κ2) is 13.8. The first-order valence-electron chi connectivity index (χ1n) is 18.3. The van der Waals surface area contributed by atoms with Crippen LogP contribution in [0.2, 0.25) is 0 Å². The highest BCUT2D eigenvalue weighted by Crippen LogP contribution is 2.37. The number of pyridine rings is 1. The first-order valence-corrected chi connectivity index (χ1v) is 18.3. The molecule has 0 amide bonds. The number of aromatic nitrogens is 3. The number of allylic oxidation sites excluding steroid dienone is 1. The van der Waals surface area contributed by atoms with Gasteiger partial charge < -0.3 is 9.73 Å². The van der Waals surface area contributed by atoms with Crippen LogP contribution >= 0.6 is 0 Å². The van der Waals surface area contributed by atoms with Gasteiger partial charge in [0.1, 0.15) is 17.4 Å². The maximum Gasteiger partial charge on any atom is 0.229 e. The largest absolute Gasteiger partial charge is 0.434 e. The van der Waals surface area contributed by atoms with Crippen LogP contribution in [-0.4, -0.2) is 20.7 Å². The topological polar surface area (TPSA) is 76.2 Å². The standard InChI is InChI=1S/C49H33N5O/c1-5-13-32(14-6-1)34-21-23-35(24-22-34)42-30-43(52-47(51-42)38-19-11-4-12-20-38)36-25-27-39(28-26-36)48-53-44(37-17-9-3-10-18-37)46-45(54-48)41-29-40(31-50-49(41)55-46)33-15-7-2-8-16-33/h1-31,47,52H. The van der Waals surface area contributed by atoms with Crippen LogP contribution in [0.3, 0.4) is 0 Å². The van der Waals surface area contributed by atoms with Crippen LogP contribution in [0.25, 0.3) is 72.8 Å². The fourth-order valence-corrected chi connectivity index (χ4v) is 7.15. The Morgan fingerprint density at radius 1 is 0.491 bits per heavy atom. The molecule has 9 aromatic rings. The molecular formula is C49H33N5O. The minimum absolute atomic E-state index is 0.243. The lowest BCUT2D eigenvalue weighted by Crippen LogP contribution is -2.24. The Kier molecular flexibility index (Phi) is 8.11. The molecule has 6 nitrogen and oxygen atoms in total. The van der Waals surface area contributed by atoms with Crippen LogP contribution < -0.4 is 5.32 Å². The van der Waals surface area contributed by atoms with Crippen molar-refractivity contribution in [2.45, 2.75) is 6.17 Å². The molecule has 1 aliphatic rings. The zero-order chi connectivity index (χ0) is 36.6. The number of hydrogen-bond acceptors (Lipinski definition) is 6. The summed E-state index contributed by atoms with van der Waals surface area (Å²) in [4.78, 5) is 20.1. The van der Waals surface area contributed by atoms with Crippen molar-refractivity contribution < 1.29 is 4.42 Å². The van der Waals surface area contributed by atoms with Crippen LogP contribution in [0, 0.1) is 0 Å². The lowest BCUT2D eigenvalue weighted by molar-refractivity contribution is 0.653. The van der Waals surface area contributed by atoms with E-state index in [9.17, 15) is 0 Å². The molecule has 0 spiro atoms. The monoisotopic (exact) mass is 707 g/mol. The zero-order valence-electron chi connectivity index (χ0n) is 29.7. The molecule has 4 heterocycles. The number of rotatable bonds is 7. The predicted molar refractivity (Wildman–Crippen MR) is 222 cm³/mol. The fourth-order valence-electron chi connectivity index (χ4n) is 7.15. The number of furan rings is 1. The Balaban J connectivity index is 1.04. The van der Waals surface area contributed by atoms with E-state index in [-0.39, 0.29) is 6.17 Å². The van der Waals surface area contributed by atoms with Crippen molar-refractivity contribution >= 4 is 33.6 Å². The normalized spacial score (nSPS) is 14.0. The summed E-state index contributed by atoms with van der Waals surface area (Å²) < 4.78 is 6.38. The number of nitrogens with zero attached hydrogens (tertiary/aromatic N) is 4. The molecule has 1 aliphatic heterocycles. The summed E-state index contributed by atoms with van der Waals surface area (Å²) in [5.41, 5.74) is 14.0. The van der Waals surface area contributed by atoms with Gasteiger partial charge in [0.2, 0.25) is 5.71 Å². The quantitative estimate of drug-likeness (QED) is 0.178. The van der Waals surface area contributed by atoms with Gasteiger partial charge in [0.25, 0.3) is 0 Å². The summed E-state index contributed by atoms with van der Waals surface area (Å²) in [5, 5.41) is 4.54. The maximum absolute atomic E-state index is 6.38. The van der Waals surface area contributed by atoms with E-state index in [1.165, 1.54) is 11.1 Å². The van der Waals surface area contributed by atoms with Crippen molar-refractivity contribution in [2.24, 2.45) is 4.99 Å². The third-order valence-corrected chi connectivity index (χ3v) is 10.0. The summed E-state index contributed by atoms with van der Waals surface area (Å²) in [5.74, 6) is 0.610. The SMILES string of the molecule is C1=C(c2ccc(-c3nc(-c4ccccc4)c4oc5ncc(-c6ccccc6)cc5c4n3)cc2)NC(c2ccccc2)N=C1c1ccc(-c2ccccc2)cc1. The Labute approximate surface area is 318 Å². The van der Waals surface area contributed by atoms with Crippen LogP contribution in [0.1, 0.15) is 22.9 Å². The lowest BCUT2D eigenvalue weighted by Gasteiger charge is -2.25. The Morgan fingerprint density at radius 2 is 1.04 bits per heavy atom. The van der Waals surface area contributed by atoms with Crippen LogP contribution in [-0.2, 0) is 0 Å². The molecule has 0 saturated carbocycles. The molecular weight excluding hydrogens is 675 g/mol. The number of nitrogens with one attached hydrogen (secondary N) is 1. The summed E-state index contributed by atoms with van der Waals surface area (Å²) >= 11 is 0. The van der Waals surface area contributed by atoms with Gasteiger partial charge in [-0.1, -0.05) is 170 Å². The molecule has 1 N–H and O–H groups in total. The van der Waals surface area contributed by atoms with Crippen LogP contribution in [0.4, 0.5) is 0 Å². The highest BCUT2D eigenvalue weighted by molar-refractivity contribution is 6.13. The van der Waals surface area contributed by atoms with E-state index in [1.54, 1.807) is 0 Å². The summed E-state index contributed by atoms with van der Waals surface area (Å²) in [7, 11) is 0. The maximum atomic E-state index is 6.38. The average molecular weight is 708 g/mol. The molecule has 0 saturated heterocycles. The summed E-state index contributed by atoms with van der Waals surface area (Å²) in [6.45, 7) is 0. The van der Waals surface area contributed by atoms with Gasteiger partial charge in [-0.25, -0.2) is 15.0 Å². The molecule has 10 rings (SSSR count). The molecule has 0 radical (unpaired) electrons. The molecule has 0 fully saturated rings. The molecule has 6 aromatic carbocycles. The van der Waals surface area contributed by atoms with E-state index >= 15 is 0 Å². The van der Waals surface area contributed by atoms with Crippen LogP contribution in [0.5, 0.6) is 0 Å². The molecule has 0 aliphatic carbocycles. The van der Waals surface area contributed by atoms with E-state index in [2.05, 4.69) is 127 Å². The molecule has 0 bridgehead atoms. The first-order chi connectivity index (χ1) is 27.2. The third-order valence-electron chi connectivity index (χ3n) is 10.0. The van der Waals surface area contributed by atoms with Gasteiger partial charge in [-0.3, -0.25) is 4.99 Å². The van der Waals surface area contributed by atoms with E-state index in [1.807, 2.05) is 66.9 Å². The van der Waals surface area contributed by atoms with Crippen molar-refractivity contribution in [3.8, 4) is 44.9 Å². The van der Waals surface area contributed by atoms with Gasteiger partial charge in [-0.15, -0.1) is 0 Å². The van der Waals surface area contributed by atoms with Crippen molar-refractivity contribution in [3.05, 3.63) is 205 Å². The third kappa shape index (κ3) is 6.26. The molecule has 55 heavy (non-hydrogen) atoms. The van der Waals surface area contributed by atoms with E-state index in [4.69, 9.17) is 24.4 Å². The van der Waals surface area contributed by atoms with Crippen molar-refractivity contribution in [3.63, 3.8) is 0 Å². The van der Waals surface area contributed by atoms with Gasteiger partial charge in [0, 0.05) is 28.6 Å². The number of hydrogen-bond donors (Lipinski definition) is 1. The Bertz CT molecular complexity index is 2850. The minimum Gasteiger partial charge on any atom is -0.434 e. The van der Waals surface area contributed by atoms with Gasteiger partial charge in [-0.05, 0) is 45.5 Å². The van der Waals surface area contributed by atoms with E-state index < -0.39 is 0 Å².